The second-order valence-electron chi connectivity index (χ2n) is 7.62. The van der Waals surface area contributed by atoms with Gasteiger partial charge in [-0.15, -0.1) is 24.0 Å². The molecule has 0 bridgehead atoms. The molecule has 4 rings (SSSR count). The van der Waals surface area contributed by atoms with Crippen molar-refractivity contribution >= 4 is 41.4 Å². The van der Waals surface area contributed by atoms with Crippen molar-refractivity contribution in [3.63, 3.8) is 0 Å². The Hall–Kier alpha value is -2.36. The van der Waals surface area contributed by atoms with E-state index in [2.05, 4.69) is 63.9 Å². The number of rotatable bonds is 6. The Kier molecular flexibility index (Phi) is 8.51. The Morgan fingerprint density at radius 3 is 2.65 bits per heavy atom. The first kappa shape index (κ1) is 23.3. The average Bonchev–Trinajstić information content (AvgIpc) is 3.45. The molecule has 0 radical (unpaired) electrons. The molecule has 1 atom stereocenters. The summed E-state index contributed by atoms with van der Waals surface area (Å²) in [4.78, 5) is 13.3. The van der Waals surface area contributed by atoms with Gasteiger partial charge in [0, 0.05) is 50.6 Å². The van der Waals surface area contributed by atoms with E-state index in [9.17, 15) is 4.39 Å². The predicted molar refractivity (Wildman–Crippen MR) is 136 cm³/mol. The standard InChI is InChI=1S/C23H29FN6.HI/c1-2-25-23(27-16-18-7-9-20(10-8-18)29-13-3-4-14-29)28-19-11-15-30(17-19)22-21(24)6-5-12-26-22;/h3-10,12,19H,2,11,13-17H2,1H3,(H2,25,27,28);1H. The number of anilines is 2. The van der Waals surface area contributed by atoms with E-state index in [0.717, 1.165) is 38.6 Å². The lowest BCUT2D eigenvalue weighted by Gasteiger charge is -2.20. The van der Waals surface area contributed by atoms with Crippen molar-refractivity contribution in [2.45, 2.75) is 25.9 Å². The fourth-order valence-electron chi connectivity index (χ4n) is 3.87. The first-order valence-corrected chi connectivity index (χ1v) is 10.6. The summed E-state index contributed by atoms with van der Waals surface area (Å²) < 4.78 is 14.0. The summed E-state index contributed by atoms with van der Waals surface area (Å²) in [7, 11) is 0. The van der Waals surface area contributed by atoms with Crippen molar-refractivity contribution in [1.29, 1.82) is 0 Å². The van der Waals surface area contributed by atoms with Gasteiger partial charge in [-0.25, -0.2) is 14.4 Å². The van der Waals surface area contributed by atoms with Gasteiger partial charge in [0.2, 0.25) is 0 Å². The molecule has 1 aromatic carbocycles. The molecule has 0 amide bonds. The van der Waals surface area contributed by atoms with Crippen molar-refractivity contribution in [3.8, 4) is 0 Å². The zero-order valence-corrected chi connectivity index (χ0v) is 20.1. The van der Waals surface area contributed by atoms with Crippen LogP contribution in [0, 0.1) is 5.82 Å². The molecule has 0 aliphatic carbocycles. The minimum Gasteiger partial charge on any atom is -0.364 e. The first-order valence-electron chi connectivity index (χ1n) is 10.6. The highest BCUT2D eigenvalue weighted by Gasteiger charge is 2.25. The summed E-state index contributed by atoms with van der Waals surface area (Å²) in [6.45, 7) is 6.89. The average molecular weight is 536 g/mol. The summed E-state index contributed by atoms with van der Waals surface area (Å²) in [6, 6.07) is 11.9. The van der Waals surface area contributed by atoms with Gasteiger partial charge in [0.15, 0.2) is 17.6 Å². The van der Waals surface area contributed by atoms with Gasteiger partial charge in [0.1, 0.15) is 0 Å². The highest BCUT2D eigenvalue weighted by molar-refractivity contribution is 14.0. The van der Waals surface area contributed by atoms with Gasteiger partial charge in [0.25, 0.3) is 0 Å². The third-order valence-electron chi connectivity index (χ3n) is 5.45. The van der Waals surface area contributed by atoms with Crippen LogP contribution in [0.3, 0.4) is 0 Å². The van der Waals surface area contributed by atoms with E-state index in [1.165, 1.54) is 17.3 Å². The second-order valence-corrected chi connectivity index (χ2v) is 7.62. The van der Waals surface area contributed by atoms with Gasteiger partial charge in [-0.05, 0) is 43.2 Å². The Balaban J connectivity index is 0.00000272. The van der Waals surface area contributed by atoms with E-state index in [-0.39, 0.29) is 35.8 Å². The van der Waals surface area contributed by atoms with Crippen LogP contribution in [0.2, 0.25) is 0 Å². The third kappa shape index (κ3) is 6.09. The maximum atomic E-state index is 14.0. The number of aliphatic imine (C=N–C) groups is 1. The summed E-state index contributed by atoms with van der Waals surface area (Å²) >= 11 is 0. The van der Waals surface area contributed by atoms with E-state index >= 15 is 0 Å². The number of nitrogens with zero attached hydrogens (tertiary/aromatic N) is 4. The fourth-order valence-corrected chi connectivity index (χ4v) is 3.87. The minimum absolute atomic E-state index is 0. The van der Waals surface area contributed by atoms with E-state index in [0.29, 0.717) is 18.9 Å². The SMILES string of the molecule is CCNC(=NCc1ccc(N2CC=CC2)cc1)NC1CCN(c2ncccc2F)C1.I. The van der Waals surface area contributed by atoms with E-state index in [1.54, 1.807) is 12.3 Å². The minimum atomic E-state index is -0.271. The number of halogens is 2. The molecular formula is C23H30FIN6. The highest BCUT2D eigenvalue weighted by Crippen LogP contribution is 2.21. The van der Waals surface area contributed by atoms with Crippen LogP contribution in [0.25, 0.3) is 0 Å². The number of hydrogen-bond donors (Lipinski definition) is 2. The fraction of sp³-hybridized carbons (Fsp3) is 0.391. The maximum Gasteiger partial charge on any atom is 0.191 e. The van der Waals surface area contributed by atoms with Crippen LogP contribution in [0.4, 0.5) is 15.9 Å². The van der Waals surface area contributed by atoms with Crippen LogP contribution < -0.4 is 20.4 Å². The van der Waals surface area contributed by atoms with Crippen LogP contribution in [-0.2, 0) is 6.54 Å². The van der Waals surface area contributed by atoms with E-state index < -0.39 is 0 Å². The molecule has 8 heteroatoms. The van der Waals surface area contributed by atoms with Gasteiger partial charge in [-0.1, -0.05) is 24.3 Å². The van der Waals surface area contributed by atoms with Crippen LogP contribution in [0.5, 0.6) is 0 Å². The van der Waals surface area contributed by atoms with Crippen LogP contribution in [0.15, 0.2) is 59.7 Å². The number of nitrogens with one attached hydrogen (secondary N) is 2. The van der Waals surface area contributed by atoms with Crippen molar-refractivity contribution in [1.82, 2.24) is 15.6 Å². The maximum absolute atomic E-state index is 14.0. The number of aromatic nitrogens is 1. The first-order chi connectivity index (χ1) is 14.7. The zero-order valence-electron chi connectivity index (χ0n) is 17.8. The van der Waals surface area contributed by atoms with Crippen molar-refractivity contribution in [3.05, 3.63) is 66.1 Å². The number of benzene rings is 1. The van der Waals surface area contributed by atoms with Crippen molar-refractivity contribution in [2.75, 3.05) is 42.5 Å². The molecule has 31 heavy (non-hydrogen) atoms. The summed E-state index contributed by atoms with van der Waals surface area (Å²) in [5.74, 6) is 0.947. The van der Waals surface area contributed by atoms with Gasteiger partial charge < -0.3 is 20.4 Å². The third-order valence-corrected chi connectivity index (χ3v) is 5.45. The molecule has 6 nitrogen and oxygen atoms in total. The summed E-state index contributed by atoms with van der Waals surface area (Å²) in [6.07, 6.45) is 6.94. The number of hydrogen-bond acceptors (Lipinski definition) is 4. The number of guanidine groups is 1. The molecule has 2 N–H and O–H groups in total. The lowest BCUT2D eigenvalue weighted by atomic mass is 10.2. The Morgan fingerprint density at radius 1 is 1.16 bits per heavy atom. The van der Waals surface area contributed by atoms with Crippen LogP contribution in [0.1, 0.15) is 18.9 Å². The molecule has 1 fully saturated rings. The molecule has 2 aliphatic rings. The Bertz CT molecular complexity index is 893. The van der Waals surface area contributed by atoms with Gasteiger partial charge in [-0.2, -0.15) is 0 Å². The normalized spacial score (nSPS) is 18.3. The number of pyridine rings is 1. The Morgan fingerprint density at radius 2 is 1.94 bits per heavy atom. The topological polar surface area (TPSA) is 55.8 Å². The largest absolute Gasteiger partial charge is 0.364 e. The Labute approximate surface area is 200 Å². The lowest BCUT2D eigenvalue weighted by molar-refractivity contribution is 0.612. The van der Waals surface area contributed by atoms with Crippen molar-refractivity contribution in [2.24, 2.45) is 4.99 Å². The molecule has 2 aliphatic heterocycles. The molecule has 166 valence electrons. The smallest absolute Gasteiger partial charge is 0.191 e. The van der Waals surface area contributed by atoms with Gasteiger partial charge in [0.05, 0.1) is 6.54 Å². The summed E-state index contributed by atoms with van der Waals surface area (Å²) in [5, 5.41) is 6.81. The highest BCUT2D eigenvalue weighted by atomic mass is 127. The molecule has 1 saturated heterocycles. The molecule has 3 heterocycles. The van der Waals surface area contributed by atoms with Gasteiger partial charge >= 0.3 is 0 Å². The quantitative estimate of drug-likeness (QED) is 0.256. The molecule has 1 unspecified atom stereocenters. The lowest BCUT2D eigenvalue weighted by Crippen LogP contribution is -2.44. The second kappa shape index (κ2) is 11.3. The summed E-state index contributed by atoms with van der Waals surface area (Å²) in [5.41, 5.74) is 2.41. The predicted octanol–water partition coefficient (Wildman–Crippen LogP) is 3.55. The van der Waals surface area contributed by atoms with Crippen molar-refractivity contribution < 1.29 is 4.39 Å². The molecular weight excluding hydrogens is 506 g/mol. The van der Waals surface area contributed by atoms with E-state index in [1.807, 2.05) is 4.90 Å². The zero-order chi connectivity index (χ0) is 20.8. The van der Waals surface area contributed by atoms with Crippen LogP contribution in [-0.4, -0.2) is 49.7 Å². The molecule has 2 aromatic rings. The molecule has 1 aromatic heterocycles. The molecule has 0 spiro atoms. The van der Waals surface area contributed by atoms with Crippen LogP contribution >= 0.6 is 24.0 Å². The monoisotopic (exact) mass is 536 g/mol. The van der Waals surface area contributed by atoms with E-state index in [4.69, 9.17) is 4.99 Å². The molecule has 0 saturated carbocycles. The van der Waals surface area contributed by atoms with Gasteiger partial charge in [-0.3, -0.25) is 0 Å².